The molecule has 2 heterocycles. The molecular formula is C11H10ClN3. The first-order valence-corrected chi connectivity index (χ1v) is 4.89. The van der Waals surface area contributed by atoms with E-state index < -0.39 is 0 Å². The van der Waals surface area contributed by atoms with Crippen LogP contribution in [0.25, 0.3) is 11.3 Å². The molecule has 0 saturated carbocycles. The number of pyridine rings is 2. The van der Waals surface area contributed by atoms with Crippen LogP contribution < -0.4 is 5.73 Å². The topological polar surface area (TPSA) is 51.8 Å². The highest BCUT2D eigenvalue weighted by atomic mass is 35.5. The Hall–Kier alpha value is -1.61. The molecule has 0 aliphatic rings. The third-order valence-corrected chi connectivity index (χ3v) is 2.27. The summed E-state index contributed by atoms with van der Waals surface area (Å²) in [6, 6.07) is 7.21. The SMILES string of the molecule is Cc1cc(-c2nc(Cl)ccc2N)ccn1. The molecule has 2 rings (SSSR count). The van der Waals surface area contributed by atoms with E-state index in [4.69, 9.17) is 17.3 Å². The van der Waals surface area contributed by atoms with Crippen molar-refractivity contribution < 1.29 is 0 Å². The van der Waals surface area contributed by atoms with Gasteiger partial charge in [0.25, 0.3) is 0 Å². The third-order valence-electron chi connectivity index (χ3n) is 2.06. The molecule has 0 amide bonds. The lowest BCUT2D eigenvalue weighted by molar-refractivity contribution is 1.19. The monoisotopic (exact) mass is 219 g/mol. The Morgan fingerprint density at radius 1 is 1.27 bits per heavy atom. The van der Waals surface area contributed by atoms with E-state index in [0.717, 1.165) is 11.3 Å². The van der Waals surface area contributed by atoms with E-state index in [0.29, 0.717) is 16.5 Å². The number of halogens is 1. The van der Waals surface area contributed by atoms with Crippen molar-refractivity contribution in [3.63, 3.8) is 0 Å². The average Bonchev–Trinajstić information content (AvgIpc) is 2.22. The van der Waals surface area contributed by atoms with Crippen molar-refractivity contribution in [1.82, 2.24) is 9.97 Å². The van der Waals surface area contributed by atoms with Crippen LogP contribution in [-0.2, 0) is 0 Å². The number of nitrogens with two attached hydrogens (primary N) is 1. The molecule has 4 heteroatoms. The summed E-state index contributed by atoms with van der Waals surface area (Å²) >= 11 is 5.82. The van der Waals surface area contributed by atoms with Gasteiger partial charge in [-0.2, -0.15) is 0 Å². The molecular weight excluding hydrogens is 210 g/mol. The molecule has 0 unspecified atom stereocenters. The van der Waals surface area contributed by atoms with Crippen molar-refractivity contribution in [1.29, 1.82) is 0 Å². The maximum atomic E-state index is 5.83. The predicted molar refractivity (Wildman–Crippen MR) is 61.6 cm³/mol. The van der Waals surface area contributed by atoms with Crippen molar-refractivity contribution >= 4 is 17.3 Å². The zero-order valence-electron chi connectivity index (χ0n) is 8.24. The average molecular weight is 220 g/mol. The second-order valence-corrected chi connectivity index (χ2v) is 3.64. The normalized spacial score (nSPS) is 10.3. The standard InChI is InChI=1S/C11H10ClN3/c1-7-6-8(4-5-14-7)11-9(13)2-3-10(12)15-11/h2-6H,13H2,1H3. The van der Waals surface area contributed by atoms with Crippen molar-refractivity contribution in [2.24, 2.45) is 0 Å². The first-order valence-electron chi connectivity index (χ1n) is 4.52. The third kappa shape index (κ3) is 2.07. The van der Waals surface area contributed by atoms with Crippen molar-refractivity contribution in [2.75, 3.05) is 5.73 Å². The molecule has 0 aromatic carbocycles. The second-order valence-electron chi connectivity index (χ2n) is 3.26. The van der Waals surface area contributed by atoms with Crippen molar-refractivity contribution in [3.05, 3.63) is 41.3 Å². The minimum absolute atomic E-state index is 0.439. The highest BCUT2D eigenvalue weighted by Gasteiger charge is 2.05. The minimum Gasteiger partial charge on any atom is -0.397 e. The van der Waals surface area contributed by atoms with E-state index in [1.807, 2.05) is 19.1 Å². The number of hydrogen-bond acceptors (Lipinski definition) is 3. The van der Waals surface area contributed by atoms with E-state index in [2.05, 4.69) is 9.97 Å². The number of nitrogens with zero attached hydrogens (tertiary/aromatic N) is 2. The van der Waals surface area contributed by atoms with Gasteiger partial charge in [-0.1, -0.05) is 11.6 Å². The van der Waals surface area contributed by atoms with Gasteiger partial charge in [-0.3, -0.25) is 4.98 Å². The van der Waals surface area contributed by atoms with Crippen LogP contribution in [0.5, 0.6) is 0 Å². The lowest BCUT2D eigenvalue weighted by atomic mass is 10.1. The Morgan fingerprint density at radius 3 is 2.80 bits per heavy atom. The van der Waals surface area contributed by atoms with Crippen LogP contribution in [0.3, 0.4) is 0 Å². The van der Waals surface area contributed by atoms with Gasteiger partial charge >= 0.3 is 0 Å². The Morgan fingerprint density at radius 2 is 2.07 bits per heavy atom. The highest BCUT2D eigenvalue weighted by molar-refractivity contribution is 6.29. The van der Waals surface area contributed by atoms with Gasteiger partial charge in [0, 0.05) is 17.5 Å². The quantitative estimate of drug-likeness (QED) is 0.751. The predicted octanol–water partition coefficient (Wildman–Crippen LogP) is 2.69. The van der Waals surface area contributed by atoms with Gasteiger partial charge in [-0.25, -0.2) is 4.98 Å². The van der Waals surface area contributed by atoms with Gasteiger partial charge in [0.05, 0.1) is 11.4 Å². The summed E-state index contributed by atoms with van der Waals surface area (Å²) in [5, 5.41) is 0.439. The maximum absolute atomic E-state index is 5.83. The fourth-order valence-electron chi connectivity index (χ4n) is 1.37. The molecule has 0 aliphatic heterocycles. The molecule has 2 aromatic heterocycles. The number of rotatable bonds is 1. The van der Waals surface area contributed by atoms with E-state index in [1.54, 1.807) is 18.3 Å². The largest absolute Gasteiger partial charge is 0.397 e. The number of aromatic nitrogens is 2. The van der Waals surface area contributed by atoms with Crippen molar-refractivity contribution in [2.45, 2.75) is 6.92 Å². The van der Waals surface area contributed by atoms with Gasteiger partial charge in [-0.05, 0) is 31.2 Å². The molecule has 0 fully saturated rings. The van der Waals surface area contributed by atoms with Crippen LogP contribution in [-0.4, -0.2) is 9.97 Å². The summed E-state index contributed by atoms with van der Waals surface area (Å²) in [5.74, 6) is 0. The summed E-state index contributed by atoms with van der Waals surface area (Å²) in [6.45, 7) is 1.92. The molecule has 76 valence electrons. The van der Waals surface area contributed by atoms with Crippen LogP contribution in [0.2, 0.25) is 5.15 Å². The van der Waals surface area contributed by atoms with E-state index in [-0.39, 0.29) is 0 Å². The molecule has 2 aromatic rings. The van der Waals surface area contributed by atoms with Gasteiger partial charge in [0.15, 0.2) is 0 Å². The zero-order valence-corrected chi connectivity index (χ0v) is 8.99. The minimum atomic E-state index is 0.439. The lowest BCUT2D eigenvalue weighted by Gasteiger charge is -2.05. The molecule has 15 heavy (non-hydrogen) atoms. The van der Waals surface area contributed by atoms with Crippen LogP contribution in [0, 0.1) is 6.92 Å². The smallest absolute Gasteiger partial charge is 0.129 e. The molecule has 0 radical (unpaired) electrons. The van der Waals surface area contributed by atoms with Crippen LogP contribution in [0.15, 0.2) is 30.5 Å². The van der Waals surface area contributed by atoms with E-state index in [9.17, 15) is 0 Å². The Balaban J connectivity index is 2.58. The van der Waals surface area contributed by atoms with Crippen molar-refractivity contribution in [3.8, 4) is 11.3 Å². The van der Waals surface area contributed by atoms with Crippen LogP contribution in [0.4, 0.5) is 5.69 Å². The van der Waals surface area contributed by atoms with Gasteiger partial charge in [0.1, 0.15) is 5.15 Å². The molecule has 0 spiro atoms. The summed E-state index contributed by atoms with van der Waals surface area (Å²) in [7, 11) is 0. The van der Waals surface area contributed by atoms with Gasteiger partial charge < -0.3 is 5.73 Å². The van der Waals surface area contributed by atoms with E-state index >= 15 is 0 Å². The molecule has 3 nitrogen and oxygen atoms in total. The summed E-state index contributed by atoms with van der Waals surface area (Å²) in [6.07, 6.45) is 1.73. The Kier molecular flexibility index (Phi) is 2.56. The Bertz CT molecular complexity index is 497. The Labute approximate surface area is 92.9 Å². The number of hydrogen-bond donors (Lipinski definition) is 1. The number of anilines is 1. The highest BCUT2D eigenvalue weighted by Crippen LogP contribution is 2.25. The van der Waals surface area contributed by atoms with Crippen LogP contribution in [0.1, 0.15) is 5.69 Å². The van der Waals surface area contributed by atoms with Gasteiger partial charge in [-0.15, -0.1) is 0 Å². The summed E-state index contributed by atoms with van der Waals surface area (Å²) in [4.78, 5) is 8.31. The first-order chi connectivity index (χ1) is 7.16. The first kappa shape index (κ1) is 9.93. The fourth-order valence-corrected chi connectivity index (χ4v) is 1.52. The second kappa shape index (κ2) is 3.87. The molecule has 0 aliphatic carbocycles. The van der Waals surface area contributed by atoms with Gasteiger partial charge in [0.2, 0.25) is 0 Å². The number of nitrogen functional groups attached to an aromatic ring is 1. The van der Waals surface area contributed by atoms with E-state index in [1.165, 1.54) is 0 Å². The molecule has 0 bridgehead atoms. The molecule has 2 N–H and O–H groups in total. The molecule has 0 atom stereocenters. The summed E-state index contributed by atoms with van der Waals surface area (Å²) < 4.78 is 0. The molecule has 0 saturated heterocycles. The maximum Gasteiger partial charge on any atom is 0.129 e. The summed E-state index contributed by atoms with van der Waals surface area (Å²) in [5.41, 5.74) is 9.01. The fraction of sp³-hybridized carbons (Fsp3) is 0.0909. The lowest BCUT2D eigenvalue weighted by Crippen LogP contribution is -1.94. The number of aryl methyl sites for hydroxylation is 1. The van der Waals surface area contributed by atoms with Crippen LogP contribution >= 0.6 is 11.6 Å². The zero-order chi connectivity index (χ0) is 10.8.